The summed E-state index contributed by atoms with van der Waals surface area (Å²) in [6.07, 6.45) is 0.854. The van der Waals surface area contributed by atoms with Gasteiger partial charge in [-0.3, -0.25) is 9.48 Å². The number of amides is 1. The molecule has 1 heterocycles. The highest BCUT2D eigenvalue weighted by molar-refractivity contribution is 14.1. The van der Waals surface area contributed by atoms with E-state index in [9.17, 15) is 4.79 Å². The maximum absolute atomic E-state index is 12.3. The number of rotatable bonds is 6. The molecule has 0 spiro atoms. The quantitative estimate of drug-likeness (QED) is 0.624. The zero-order valence-electron chi connectivity index (χ0n) is 11.5. The van der Waals surface area contributed by atoms with Gasteiger partial charge in [0.05, 0.1) is 5.69 Å². The molecule has 1 rings (SSSR count). The number of alkyl halides is 1. The first-order valence-corrected chi connectivity index (χ1v) is 7.99. The summed E-state index contributed by atoms with van der Waals surface area (Å²) in [4.78, 5) is 12.3. The average Bonchev–Trinajstić information content (AvgIpc) is 2.78. The van der Waals surface area contributed by atoms with Crippen LogP contribution in [0.5, 0.6) is 0 Å². The minimum absolute atomic E-state index is 0.0144. The molecule has 1 aromatic heterocycles. The van der Waals surface area contributed by atoms with E-state index in [0.717, 1.165) is 23.1 Å². The Hall–Kier alpha value is -0.590. The molecule has 102 valence electrons. The van der Waals surface area contributed by atoms with E-state index < -0.39 is 0 Å². The zero-order valence-corrected chi connectivity index (χ0v) is 13.7. The maximum Gasteiger partial charge on any atom is 0.269 e. The van der Waals surface area contributed by atoms with Gasteiger partial charge in [0.25, 0.3) is 5.91 Å². The molecule has 5 heteroatoms. The van der Waals surface area contributed by atoms with Crippen LogP contribution in [0.1, 0.15) is 43.9 Å². The summed E-state index contributed by atoms with van der Waals surface area (Å²) < 4.78 is 2.70. The lowest BCUT2D eigenvalue weighted by Crippen LogP contribution is -2.40. The summed E-state index contributed by atoms with van der Waals surface area (Å²) in [5.41, 5.74) is 1.64. The molecule has 1 aromatic rings. The molecule has 0 saturated carbocycles. The van der Waals surface area contributed by atoms with E-state index in [0.29, 0.717) is 11.6 Å². The van der Waals surface area contributed by atoms with Crippen molar-refractivity contribution >= 4 is 28.5 Å². The van der Waals surface area contributed by atoms with E-state index in [2.05, 4.69) is 46.9 Å². The minimum atomic E-state index is -0.0144. The highest BCUT2D eigenvalue weighted by Gasteiger charge is 2.19. The van der Waals surface area contributed by atoms with Crippen molar-refractivity contribution in [2.45, 2.75) is 46.7 Å². The average molecular weight is 363 g/mol. The monoisotopic (exact) mass is 363 g/mol. The number of hydrogen-bond donors (Lipinski definition) is 1. The molecule has 18 heavy (non-hydrogen) atoms. The van der Waals surface area contributed by atoms with Crippen LogP contribution in [0.25, 0.3) is 0 Å². The van der Waals surface area contributed by atoms with E-state index in [4.69, 9.17) is 0 Å². The largest absolute Gasteiger partial charge is 0.347 e. The smallest absolute Gasteiger partial charge is 0.269 e. The molecule has 1 unspecified atom stereocenters. The van der Waals surface area contributed by atoms with Crippen LogP contribution in [0, 0.1) is 5.92 Å². The first kappa shape index (κ1) is 15.5. The van der Waals surface area contributed by atoms with Crippen molar-refractivity contribution in [1.29, 1.82) is 0 Å². The zero-order chi connectivity index (χ0) is 13.7. The Bertz CT molecular complexity index is 401. The van der Waals surface area contributed by atoms with Gasteiger partial charge < -0.3 is 5.32 Å². The predicted octanol–water partition coefficient (Wildman–Crippen LogP) is 2.65. The van der Waals surface area contributed by atoms with Gasteiger partial charge in [-0.25, -0.2) is 0 Å². The molecule has 1 amide bonds. The van der Waals surface area contributed by atoms with Crippen molar-refractivity contribution in [2.24, 2.45) is 5.92 Å². The van der Waals surface area contributed by atoms with E-state index in [1.165, 1.54) is 0 Å². The third-order valence-corrected chi connectivity index (χ3v) is 3.96. The van der Waals surface area contributed by atoms with Gasteiger partial charge in [-0.1, -0.05) is 43.4 Å². The molecular weight excluding hydrogens is 341 g/mol. The van der Waals surface area contributed by atoms with Crippen molar-refractivity contribution in [3.05, 3.63) is 17.5 Å². The van der Waals surface area contributed by atoms with Crippen LogP contribution in [0.4, 0.5) is 0 Å². The Morgan fingerprint density at radius 2 is 2.17 bits per heavy atom. The number of aryl methyl sites for hydroxylation is 2. The molecule has 0 fully saturated rings. The molecule has 0 bridgehead atoms. The van der Waals surface area contributed by atoms with Gasteiger partial charge in [-0.2, -0.15) is 5.10 Å². The van der Waals surface area contributed by atoms with Gasteiger partial charge in [0.2, 0.25) is 0 Å². The normalized spacial score (nSPS) is 12.8. The third-order valence-electron chi connectivity index (χ3n) is 3.01. The van der Waals surface area contributed by atoms with Crippen molar-refractivity contribution in [2.75, 3.05) is 4.43 Å². The number of aromatic nitrogens is 2. The van der Waals surface area contributed by atoms with Gasteiger partial charge >= 0.3 is 0 Å². The summed E-state index contributed by atoms with van der Waals surface area (Å²) in [6.45, 7) is 9.02. The van der Waals surface area contributed by atoms with Crippen molar-refractivity contribution in [3.8, 4) is 0 Å². The fraction of sp³-hybridized carbons (Fsp3) is 0.692. The standard InChI is InChI=1S/C13H22IN3O/c1-5-10-7-12(17(6-2)16-10)13(18)15-11(8-14)9(3)4/h7,9,11H,5-6,8H2,1-4H3,(H,15,18). The number of halogens is 1. The van der Waals surface area contributed by atoms with Crippen molar-refractivity contribution in [3.63, 3.8) is 0 Å². The Morgan fingerprint density at radius 1 is 1.50 bits per heavy atom. The van der Waals surface area contributed by atoms with Crippen molar-refractivity contribution < 1.29 is 4.79 Å². The van der Waals surface area contributed by atoms with Gasteiger partial charge in [0, 0.05) is 17.0 Å². The SMILES string of the molecule is CCc1cc(C(=O)NC(CI)C(C)C)n(CC)n1. The summed E-state index contributed by atoms with van der Waals surface area (Å²) in [6, 6.07) is 2.10. The molecule has 0 aliphatic carbocycles. The molecule has 1 atom stereocenters. The van der Waals surface area contributed by atoms with Crippen molar-refractivity contribution in [1.82, 2.24) is 15.1 Å². The van der Waals surface area contributed by atoms with E-state index >= 15 is 0 Å². The number of carbonyl (C=O) groups is 1. The molecular formula is C13H22IN3O. The first-order valence-electron chi connectivity index (χ1n) is 6.46. The Morgan fingerprint density at radius 3 is 2.61 bits per heavy atom. The molecule has 1 N–H and O–H groups in total. The Balaban J connectivity index is 2.86. The maximum atomic E-state index is 12.3. The lowest BCUT2D eigenvalue weighted by molar-refractivity contribution is 0.0921. The summed E-state index contributed by atoms with van der Waals surface area (Å²) in [5.74, 6) is 0.425. The fourth-order valence-corrected chi connectivity index (χ4v) is 2.93. The van der Waals surface area contributed by atoms with Gasteiger partial charge in [0.15, 0.2) is 0 Å². The highest BCUT2D eigenvalue weighted by Crippen LogP contribution is 2.09. The predicted molar refractivity (Wildman–Crippen MR) is 82.3 cm³/mol. The van der Waals surface area contributed by atoms with Crippen LogP contribution in [-0.2, 0) is 13.0 Å². The topological polar surface area (TPSA) is 46.9 Å². The number of nitrogens with one attached hydrogen (secondary N) is 1. The van der Waals surface area contributed by atoms with E-state index in [-0.39, 0.29) is 11.9 Å². The molecule has 0 radical (unpaired) electrons. The summed E-state index contributed by atoms with van der Waals surface area (Å²) in [5, 5.41) is 7.49. The van der Waals surface area contributed by atoms with Crippen LogP contribution in [0.2, 0.25) is 0 Å². The lowest BCUT2D eigenvalue weighted by atomic mass is 10.1. The van der Waals surface area contributed by atoms with Gasteiger partial charge in [-0.05, 0) is 25.3 Å². The number of carbonyl (C=O) groups excluding carboxylic acids is 1. The molecule has 0 aliphatic rings. The van der Waals surface area contributed by atoms with Crippen LogP contribution in [0.15, 0.2) is 6.07 Å². The summed E-state index contributed by atoms with van der Waals surface area (Å²) >= 11 is 2.31. The van der Waals surface area contributed by atoms with Crippen LogP contribution in [0.3, 0.4) is 0 Å². The first-order chi connectivity index (χ1) is 8.53. The second kappa shape index (κ2) is 7.11. The number of nitrogens with zero attached hydrogens (tertiary/aromatic N) is 2. The second-order valence-corrected chi connectivity index (χ2v) is 5.55. The molecule has 0 saturated heterocycles. The minimum Gasteiger partial charge on any atom is -0.347 e. The lowest BCUT2D eigenvalue weighted by Gasteiger charge is -2.20. The van der Waals surface area contributed by atoms with E-state index in [1.54, 1.807) is 4.68 Å². The third kappa shape index (κ3) is 3.70. The van der Waals surface area contributed by atoms with Crippen LogP contribution in [-0.4, -0.2) is 26.2 Å². The molecule has 0 aromatic carbocycles. The molecule has 0 aliphatic heterocycles. The Kier molecular flexibility index (Phi) is 6.11. The van der Waals surface area contributed by atoms with Gasteiger partial charge in [0.1, 0.15) is 5.69 Å². The molecule has 4 nitrogen and oxygen atoms in total. The Labute approximate surface area is 123 Å². The van der Waals surface area contributed by atoms with E-state index in [1.807, 2.05) is 19.9 Å². The van der Waals surface area contributed by atoms with Crippen LogP contribution >= 0.6 is 22.6 Å². The second-order valence-electron chi connectivity index (χ2n) is 4.67. The van der Waals surface area contributed by atoms with Crippen LogP contribution < -0.4 is 5.32 Å². The highest BCUT2D eigenvalue weighted by atomic mass is 127. The number of hydrogen-bond acceptors (Lipinski definition) is 2. The summed E-state index contributed by atoms with van der Waals surface area (Å²) in [7, 11) is 0. The van der Waals surface area contributed by atoms with Gasteiger partial charge in [-0.15, -0.1) is 0 Å². The fourth-order valence-electron chi connectivity index (χ4n) is 1.69.